The molecule has 0 heterocycles. The number of hydrogen-bond acceptors (Lipinski definition) is 1. The number of nitrogens with two attached hydrogens (primary N) is 1. The zero-order chi connectivity index (χ0) is 13.3. The van der Waals surface area contributed by atoms with Crippen molar-refractivity contribution in [3.8, 4) is 11.1 Å². The Bertz CT molecular complexity index is 599. The monoisotopic (exact) mass is 271 g/mol. The van der Waals surface area contributed by atoms with Crippen LogP contribution in [0.5, 0.6) is 0 Å². The Kier molecular flexibility index (Phi) is 3.59. The molecule has 0 spiro atoms. The van der Waals surface area contributed by atoms with E-state index in [-0.39, 0.29) is 22.7 Å². The lowest BCUT2D eigenvalue weighted by atomic mass is 10.0. The van der Waals surface area contributed by atoms with E-state index in [1.165, 1.54) is 12.1 Å². The van der Waals surface area contributed by atoms with Crippen LogP contribution >= 0.6 is 11.6 Å². The Hall–Kier alpha value is -1.52. The maximum atomic E-state index is 13.8. The summed E-state index contributed by atoms with van der Waals surface area (Å²) in [4.78, 5) is 0. The minimum absolute atomic E-state index is 0.0479. The van der Waals surface area contributed by atoms with Gasteiger partial charge in [-0.3, -0.25) is 0 Å². The van der Waals surface area contributed by atoms with Gasteiger partial charge in [-0.15, -0.1) is 0 Å². The van der Waals surface area contributed by atoms with Crippen LogP contribution in [0, 0.1) is 17.5 Å². The van der Waals surface area contributed by atoms with E-state index < -0.39 is 17.5 Å². The second kappa shape index (κ2) is 5.00. The summed E-state index contributed by atoms with van der Waals surface area (Å²) in [6, 6.07) is 5.99. The maximum Gasteiger partial charge on any atom is 0.160 e. The van der Waals surface area contributed by atoms with Gasteiger partial charge in [-0.2, -0.15) is 0 Å². The fourth-order valence-corrected chi connectivity index (χ4v) is 1.89. The minimum Gasteiger partial charge on any atom is -0.326 e. The molecule has 0 saturated heterocycles. The molecule has 0 bridgehead atoms. The van der Waals surface area contributed by atoms with Crippen molar-refractivity contribution in [1.82, 2.24) is 0 Å². The highest BCUT2D eigenvalue weighted by atomic mass is 35.5. The largest absolute Gasteiger partial charge is 0.326 e. The van der Waals surface area contributed by atoms with E-state index in [0.717, 1.165) is 12.1 Å². The van der Waals surface area contributed by atoms with Crippen LogP contribution in [0.15, 0.2) is 30.3 Å². The molecule has 5 heteroatoms. The normalized spacial score (nSPS) is 10.7. The molecule has 0 saturated carbocycles. The molecule has 1 nitrogen and oxygen atoms in total. The van der Waals surface area contributed by atoms with Gasteiger partial charge < -0.3 is 5.73 Å². The van der Waals surface area contributed by atoms with E-state index in [1.807, 2.05) is 0 Å². The van der Waals surface area contributed by atoms with Gasteiger partial charge in [0.2, 0.25) is 0 Å². The van der Waals surface area contributed by atoms with Crippen molar-refractivity contribution in [2.24, 2.45) is 5.73 Å². The minimum atomic E-state index is -1.07. The second-order valence-corrected chi connectivity index (χ2v) is 4.17. The van der Waals surface area contributed by atoms with Crippen LogP contribution < -0.4 is 5.73 Å². The van der Waals surface area contributed by atoms with E-state index in [2.05, 4.69) is 0 Å². The number of rotatable bonds is 2. The lowest BCUT2D eigenvalue weighted by molar-refractivity contribution is 0.509. The van der Waals surface area contributed by atoms with Crippen LogP contribution in [0.3, 0.4) is 0 Å². The van der Waals surface area contributed by atoms with E-state index in [4.69, 9.17) is 17.3 Å². The lowest BCUT2D eigenvalue weighted by Crippen LogP contribution is -1.98. The highest BCUT2D eigenvalue weighted by Gasteiger charge is 2.13. The standard InChI is InChI=1S/C13H9ClF3N/c14-10-5-13(17)12(16)4-9(10)8-2-1-7(6-18)3-11(8)15/h1-5H,6,18H2. The van der Waals surface area contributed by atoms with Crippen molar-refractivity contribution in [2.45, 2.75) is 6.54 Å². The summed E-state index contributed by atoms with van der Waals surface area (Å²) in [5, 5.41) is -0.0479. The molecule has 2 aromatic rings. The second-order valence-electron chi connectivity index (χ2n) is 3.76. The van der Waals surface area contributed by atoms with Crippen molar-refractivity contribution < 1.29 is 13.2 Å². The summed E-state index contributed by atoms with van der Waals surface area (Å²) in [7, 11) is 0. The first-order chi connectivity index (χ1) is 8.52. The molecule has 0 unspecified atom stereocenters. The van der Waals surface area contributed by atoms with Crippen molar-refractivity contribution >= 4 is 11.6 Å². The molecule has 0 fully saturated rings. The summed E-state index contributed by atoms with van der Waals surface area (Å²) >= 11 is 5.78. The maximum absolute atomic E-state index is 13.8. The average Bonchev–Trinajstić information content (AvgIpc) is 2.34. The average molecular weight is 272 g/mol. The lowest BCUT2D eigenvalue weighted by Gasteiger charge is -2.08. The Balaban J connectivity index is 2.58. The Morgan fingerprint density at radius 1 is 0.889 bits per heavy atom. The van der Waals surface area contributed by atoms with Gasteiger partial charge in [0.25, 0.3) is 0 Å². The summed E-state index contributed by atoms with van der Waals surface area (Å²) < 4.78 is 39.9. The quantitative estimate of drug-likeness (QED) is 0.824. The molecule has 0 atom stereocenters. The fourth-order valence-electron chi connectivity index (χ4n) is 1.63. The van der Waals surface area contributed by atoms with Crippen molar-refractivity contribution in [3.05, 3.63) is 58.4 Å². The predicted octanol–water partition coefficient (Wildman–Crippen LogP) is 3.88. The van der Waals surface area contributed by atoms with Crippen LogP contribution in [0.25, 0.3) is 11.1 Å². The number of halogens is 4. The van der Waals surface area contributed by atoms with E-state index in [0.29, 0.717) is 5.56 Å². The Morgan fingerprint density at radius 3 is 2.17 bits per heavy atom. The molecule has 18 heavy (non-hydrogen) atoms. The highest BCUT2D eigenvalue weighted by Crippen LogP contribution is 2.32. The number of benzene rings is 2. The highest BCUT2D eigenvalue weighted by molar-refractivity contribution is 6.33. The molecule has 0 aliphatic rings. The molecular formula is C13H9ClF3N. The molecular weight excluding hydrogens is 263 g/mol. The Labute approximate surface area is 107 Å². The summed E-state index contributed by atoms with van der Waals surface area (Å²) in [5.41, 5.74) is 6.20. The molecule has 0 radical (unpaired) electrons. The summed E-state index contributed by atoms with van der Waals surface area (Å²) in [6.45, 7) is 0.197. The van der Waals surface area contributed by atoms with Gasteiger partial charge in [-0.1, -0.05) is 23.7 Å². The molecule has 0 amide bonds. The van der Waals surface area contributed by atoms with Gasteiger partial charge >= 0.3 is 0 Å². The van der Waals surface area contributed by atoms with Crippen LogP contribution in [-0.2, 0) is 6.54 Å². The molecule has 2 N–H and O–H groups in total. The van der Waals surface area contributed by atoms with Crippen LogP contribution in [-0.4, -0.2) is 0 Å². The third-order valence-electron chi connectivity index (χ3n) is 2.57. The first-order valence-corrected chi connectivity index (χ1v) is 5.54. The van der Waals surface area contributed by atoms with E-state index in [1.54, 1.807) is 6.07 Å². The SMILES string of the molecule is NCc1ccc(-c2cc(F)c(F)cc2Cl)c(F)c1. The molecule has 0 aliphatic heterocycles. The van der Waals surface area contributed by atoms with Gasteiger partial charge in [0, 0.05) is 17.7 Å². The zero-order valence-corrected chi connectivity index (χ0v) is 9.94. The Morgan fingerprint density at radius 2 is 1.56 bits per heavy atom. The zero-order valence-electron chi connectivity index (χ0n) is 9.18. The fraction of sp³-hybridized carbons (Fsp3) is 0.0769. The van der Waals surface area contributed by atoms with Crippen molar-refractivity contribution in [2.75, 3.05) is 0 Å². The van der Waals surface area contributed by atoms with Crippen LogP contribution in [0.4, 0.5) is 13.2 Å². The molecule has 0 aliphatic carbocycles. The summed E-state index contributed by atoms with van der Waals surface area (Å²) in [5.74, 6) is -2.72. The first-order valence-electron chi connectivity index (χ1n) is 5.16. The molecule has 2 aromatic carbocycles. The van der Waals surface area contributed by atoms with Gasteiger partial charge in [-0.05, 0) is 23.8 Å². The molecule has 2 rings (SSSR count). The van der Waals surface area contributed by atoms with Crippen LogP contribution in [0.2, 0.25) is 5.02 Å². The third kappa shape index (κ3) is 2.35. The van der Waals surface area contributed by atoms with E-state index >= 15 is 0 Å². The van der Waals surface area contributed by atoms with E-state index in [9.17, 15) is 13.2 Å². The van der Waals surface area contributed by atoms with Crippen LogP contribution in [0.1, 0.15) is 5.56 Å². The number of hydrogen-bond donors (Lipinski definition) is 1. The topological polar surface area (TPSA) is 26.0 Å². The predicted molar refractivity (Wildman–Crippen MR) is 64.7 cm³/mol. The van der Waals surface area contributed by atoms with Gasteiger partial charge in [0.05, 0.1) is 5.02 Å². The van der Waals surface area contributed by atoms with Gasteiger partial charge in [-0.25, -0.2) is 13.2 Å². The molecule has 0 aromatic heterocycles. The third-order valence-corrected chi connectivity index (χ3v) is 2.88. The van der Waals surface area contributed by atoms with Gasteiger partial charge in [0.15, 0.2) is 11.6 Å². The van der Waals surface area contributed by atoms with Crippen molar-refractivity contribution in [1.29, 1.82) is 0 Å². The van der Waals surface area contributed by atoms with Crippen molar-refractivity contribution in [3.63, 3.8) is 0 Å². The smallest absolute Gasteiger partial charge is 0.160 e. The first kappa shape index (κ1) is 12.9. The van der Waals surface area contributed by atoms with Gasteiger partial charge in [0.1, 0.15) is 5.82 Å². The molecule has 94 valence electrons. The summed E-state index contributed by atoms with van der Waals surface area (Å²) in [6.07, 6.45) is 0.